The number of hydrogen-bond donors (Lipinski definition) is 1. The third-order valence-corrected chi connectivity index (χ3v) is 4.62. The van der Waals surface area contributed by atoms with Crippen molar-refractivity contribution in [3.05, 3.63) is 89.3 Å². The maximum absolute atomic E-state index is 12.7. The van der Waals surface area contributed by atoms with Crippen molar-refractivity contribution in [2.24, 2.45) is 5.73 Å². The molecule has 0 aliphatic carbocycles. The number of hydrogen-bond acceptors (Lipinski definition) is 4. The van der Waals surface area contributed by atoms with Gasteiger partial charge in [0, 0.05) is 5.56 Å². The van der Waals surface area contributed by atoms with Gasteiger partial charge in [-0.1, -0.05) is 60.7 Å². The quantitative estimate of drug-likeness (QED) is 0.726. The van der Waals surface area contributed by atoms with Crippen molar-refractivity contribution in [3.63, 3.8) is 0 Å². The van der Waals surface area contributed by atoms with E-state index in [0.29, 0.717) is 11.3 Å². The predicted molar refractivity (Wildman–Crippen MR) is 101 cm³/mol. The number of carbonyl (C=O) groups excluding carboxylic acids is 1. The summed E-state index contributed by atoms with van der Waals surface area (Å²) in [5.41, 5.74) is 8.41. The third kappa shape index (κ3) is 2.60. The normalized spacial score (nSPS) is 16.1. The molecule has 2 N–H and O–H groups in total. The summed E-state index contributed by atoms with van der Waals surface area (Å²) in [4.78, 5) is 12.7. The fraction of sp³-hybridized carbons (Fsp3) is 0.136. The Labute approximate surface area is 151 Å². The number of esters is 1. The van der Waals surface area contributed by atoms with Gasteiger partial charge in [0.15, 0.2) is 0 Å². The minimum Gasteiger partial charge on any atom is -0.462 e. The van der Waals surface area contributed by atoms with Crippen molar-refractivity contribution in [2.45, 2.75) is 12.8 Å². The lowest BCUT2D eigenvalue weighted by molar-refractivity contribution is -0.139. The summed E-state index contributed by atoms with van der Waals surface area (Å²) < 4.78 is 11.1. The van der Waals surface area contributed by atoms with E-state index in [2.05, 4.69) is 0 Å². The van der Waals surface area contributed by atoms with Crippen LogP contribution in [-0.2, 0) is 9.53 Å². The molecule has 0 fully saturated rings. The monoisotopic (exact) mass is 345 g/mol. The molecule has 0 saturated heterocycles. The number of nitrogens with two attached hydrogens (primary N) is 1. The fourth-order valence-corrected chi connectivity index (χ4v) is 3.53. The highest BCUT2D eigenvalue weighted by Gasteiger charge is 2.36. The molecule has 4 rings (SSSR count). The maximum atomic E-state index is 12.7. The number of ether oxygens (including phenoxy) is 2. The first kappa shape index (κ1) is 16.2. The molecule has 3 aromatic carbocycles. The zero-order chi connectivity index (χ0) is 18.1. The first-order valence-corrected chi connectivity index (χ1v) is 8.62. The largest absolute Gasteiger partial charge is 0.462 e. The molecule has 0 radical (unpaired) electrons. The van der Waals surface area contributed by atoms with E-state index in [0.717, 1.165) is 21.9 Å². The van der Waals surface area contributed by atoms with E-state index in [1.54, 1.807) is 6.92 Å². The van der Waals surface area contributed by atoms with Crippen LogP contribution in [-0.4, -0.2) is 12.6 Å². The maximum Gasteiger partial charge on any atom is 0.340 e. The standard InChI is InChI=1S/C22H19NO3/c1-2-25-22(24)20-18(15-9-4-3-5-10-15)19-16-11-7-6-8-14(16)12-13-17(19)26-21(20)23/h3-13,18H,2,23H2,1H3. The van der Waals surface area contributed by atoms with Gasteiger partial charge < -0.3 is 15.2 Å². The van der Waals surface area contributed by atoms with E-state index >= 15 is 0 Å². The smallest absolute Gasteiger partial charge is 0.340 e. The summed E-state index contributed by atoms with van der Waals surface area (Å²) in [6, 6.07) is 21.8. The van der Waals surface area contributed by atoms with Crippen LogP contribution in [0, 0.1) is 0 Å². The summed E-state index contributed by atoms with van der Waals surface area (Å²) >= 11 is 0. The molecular formula is C22H19NO3. The SMILES string of the molecule is CCOC(=O)C1=C(N)Oc2ccc3ccccc3c2C1c1ccccc1. The first-order valence-electron chi connectivity index (χ1n) is 8.62. The van der Waals surface area contributed by atoms with Gasteiger partial charge in [0.1, 0.15) is 11.3 Å². The van der Waals surface area contributed by atoms with E-state index in [1.807, 2.05) is 66.7 Å². The van der Waals surface area contributed by atoms with Crippen molar-refractivity contribution in [2.75, 3.05) is 6.61 Å². The van der Waals surface area contributed by atoms with Gasteiger partial charge in [-0.25, -0.2) is 4.79 Å². The number of carbonyl (C=O) groups is 1. The van der Waals surface area contributed by atoms with Crippen molar-refractivity contribution in [1.29, 1.82) is 0 Å². The van der Waals surface area contributed by atoms with Gasteiger partial charge in [0.05, 0.1) is 12.5 Å². The minimum absolute atomic E-state index is 0.0973. The highest BCUT2D eigenvalue weighted by molar-refractivity contribution is 5.97. The molecule has 1 aliphatic heterocycles. The van der Waals surface area contributed by atoms with Gasteiger partial charge in [-0.2, -0.15) is 0 Å². The summed E-state index contributed by atoms with van der Waals surface area (Å²) in [5.74, 6) is -0.0225. The summed E-state index contributed by atoms with van der Waals surface area (Å²) in [5, 5.41) is 2.12. The van der Waals surface area contributed by atoms with E-state index < -0.39 is 5.97 Å². The summed E-state index contributed by atoms with van der Waals surface area (Å²) in [6.07, 6.45) is 0. The van der Waals surface area contributed by atoms with E-state index in [-0.39, 0.29) is 18.4 Å². The predicted octanol–water partition coefficient (Wildman–Crippen LogP) is 4.10. The van der Waals surface area contributed by atoms with E-state index in [1.165, 1.54) is 0 Å². The first-order chi connectivity index (χ1) is 12.7. The molecule has 0 amide bonds. The average molecular weight is 345 g/mol. The Morgan fingerprint density at radius 1 is 1.04 bits per heavy atom. The number of benzene rings is 3. The molecule has 0 spiro atoms. The number of rotatable bonds is 3. The molecule has 0 saturated carbocycles. The van der Waals surface area contributed by atoms with Crippen molar-refractivity contribution in [3.8, 4) is 5.75 Å². The van der Waals surface area contributed by atoms with Crippen molar-refractivity contribution in [1.82, 2.24) is 0 Å². The van der Waals surface area contributed by atoms with Crippen LogP contribution in [0.1, 0.15) is 24.0 Å². The molecule has 4 heteroatoms. The van der Waals surface area contributed by atoms with Crippen LogP contribution in [0.2, 0.25) is 0 Å². The molecular weight excluding hydrogens is 326 g/mol. The highest BCUT2D eigenvalue weighted by atomic mass is 16.5. The minimum atomic E-state index is -0.447. The fourth-order valence-electron chi connectivity index (χ4n) is 3.53. The third-order valence-electron chi connectivity index (χ3n) is 4.62. The lowest BCUT2D eigenvalue weighted by Gasteiger charge is -2.29. The summed E-state index contributed by atoms with van der Waals surface area (Å²) in [7, 11) is 0. The molecule has 1 aliphatic rings. The highest BCUT2D eigenvalue weighted by Crippen LogP contribution is 2.45. The van der Waals surface area contributed by atoms with Crippen LogP contribution in [0.5, 0.6) is 5.75 Å². The van der Waals surface area contributed by atoms with Gasteiger partial charge >= 0.3 is 5.97 Å². The summed E-state index contributed by atoms with van der Waals surface area (Å²) in [6.45, 7) is 2.05. The van der Waals surface area contributed by atoms with E-state index in [4.69, 9.17) is 15.2 Å². The Balaban J connectivity index is 2.01. The molecule has 1 unspecified atom stereocenters. The molecule has 4 nitrogen and oxygen atoms in total. The Kier molecular flexibility index (Phi) is 4.09. The lowest BCUT2D eigenvalue weighted by Crippen LogP contribution is -2.27. The number of fused-ring (bicyclic) bond motifs is 3. The molecule has 1 atom stereocenters. The van der Waals surface area contributed by atoms with Gasteiger partial charge in [-0.15, -0.1) is 0 Å². The second-order valence-corrected chi connectivity index (χ2v) is 6.14. The Morgan fingerprint density at radius 3 is 2.54 bits per heavy atom. The Morgan fingerprint density at radius 2 is 1.77 bits per heavy atom. The van der Waals surface area contributed by atoms with Crippen LogP contribution in [0.15, 0.2) is 78.2 Å². The second-order valence-electron chi connectivity index (χ2n) is 6.14. The van der Waals surface area contributed by atoms with Crippen molar-refractivity contribution >= 4 is 16.7 Å². The average Bonchev–Trinajstić information content (AvgIpc) is 2.67. The van der Waals surface area contributed by atoms with Crippen LogP contribution in [0.25, 0.3) is 10.8 Å². The Bertz CT molecular complexity index is 1010. The van der Waals surface area contributed by atoms with Crippen LogP contribution < -0.4 is 10.5 Å². The zero-order valence-electron chi connectivity index (χ0n) is 14.4. The zero-order valence-corrected chi connectivity index (χ0v) is 14.4. The van der Waals surface area contributed by atoms with Crippen molar-refractivity contribution < 1.29 is 14.3 Å². The van der Waals surface area contributed by atoms with Gasteiger partial charge in [-0.3, -0.25) is 0 Å². The molecule has 1 heterocycles. The molecule has 0 bridgehead atoms. The van der Waals surface area contributed by atoms with Crippen LogP contribution in [0.3, 0.4) is 0 Å². The molecule has 3 aromatic rings. The molecule has 0 aromatic heterocycles. The molecule has 26 heavy (non-hydrogen) atoms. The van der Waals surface area contributed by atoms with E-state index in [9.17, 15) is 4.79 Å². The van der Waals surface area contributed by atoms with Gasteiger partial charge in [0.2, 0.25) is 5.88 Å². The van der Waals surface area contributed by atoms with Crippen LogP contribution in [0.4, 0.5) is 0 Å². The lowest BCUT2D eigenvalue weighted by atomic mass is 9.80. The Hall–Kier alpha value is -3.27. The van der Waals surface area contributed by atoms with Gasteiger partial charge in [0.25, 0.3) is 0 Å². The van der Waals surface area contributed by atoms with Crippen LogP contribution >= 0.6 is 0 Å². The molecule has 130 valence electrons. The topological polar surface area (TPSA) is 61.5 Å². The van der Waals surface area contributed by atoms with Gasteiger partial charge in [-0.05, 0) is 29.3 Å². The second kappa shape index (κ2) is 6.56.